The molecular formula is C24H32Cl2N2O5. The van der Waals surface area contributed by atoms with Crippen LogP contribution in [-0.4, -0.2) is 79.9 Å². The van der Waals surface area contributed by atoms with Crippen molar-refractivity contribution in [3.8, 4) is 17.2 Å². The lowest BCUT2D eigenvalue weighted by atomic mass is 10.0. The minimum absolute atomic E-state index is 0.176. The van der Waals surface area contributed by atoms with E-state index in [1.54, 1.807) is 25.3 Å². The Labute approximate surface area is 205 Å². The van der Waals surface area contributed by atoms with Gasteiger partial charge in [0.05, 0.1) is 7.11 Å². The molecule has 0 amide bonds. The van der Waals surface area contributed by atoms with Crippen molar-refractivity contribution >= 4 is 23.2 Å². The maximum absolute atomic E-state index is 10.3. The van der Waals surface area contributed by atoms with Gasteiger partial charge in [-0.05, 0) is 68.4 Å². The first-order valence-electron chi connectivity index (χ1n) is 11.1. The predicted molar refractivity (Wildman–Crippen MR) is 130 cm³/mol. The molecule has 0 unspecified atom stereocenters. The highest BCUT2D eigenvalue weighted by atomic mass is 35.5. The highest BCUT2D eigenvalue weighted by molar-refractivity contribution is 6.34. The third-order valence-corrected chi connectivity index (χ3v) is 5.92. The van der Waals surface area contributed by atoms with Crippen LogP contribution in [0.4, 0.5) is 0 Å². The summed E-state index contributed by atoms with van der Waals surface area (Å²) in [6, 6.07) is 12.6. The van der Waals surface area contributed by atoms with Gasteiger partial charge in [-0.25, -0.2) is 0 Å². The van der Waals surface area contributed by atoms with Gasteiger partial charge in [0.25, 0.3) is 0 Å². The number of nitrogens with one attached hydrogen (secondary N) is 1. The van der Waals surface area contributed by atoms with Crippen LogP contribution in [0.15, 0.2) is 42.5 Å². The minimum Gasteiger partial charge on any atom is -0.497 e. The number of likely N-dealkylation sites (tertiary alicyclic amines) is 1. The molecule has 3 rings (SSSR count). The van der Waals surface area contributed by atoms with E-state index < -0.39 is 12.2 Å². The molecule has 2 atom stereocenters. The van der Waals surface area contributed by atoms with Gasteiger partial charge in [0, 0.05) is 29.2 Å². The summed E-state index contributed by atoms with van der Waals surface area (Å²) in [4.78, 5) is 2.22. The zero-order valence-electron chi connectivity index (χ0n) is 18.8. The summed E-state index contributed by atoms with van der Waals surface area (Å²) in [6.07, 6.45) is 0.695. The van der Waals surface area contributed by atoms with Crippen LogP contribution in [0.1, 0.15) is 12.8 Å². The van der Waals surface area contributed by atoms with Crippen molar-refractivity contribution in [2.75, 3.05) is 46.5 Å². The monoisotopic (exact) mass is 498 g/mol. The standard InChI is InChI=1S/C24H32Cl2N2O5/c1-31-22-2-4-23(5-3-22)32-15-20(29)13-27-19-6-8-28(9-7-19)14-21(30)16-33-24-11-17(25)10-18(26)12-24/h2-5,10-12,19-21,27,29-30H,6-9,13-16H2,1H3/t20-,21-/m1/s1. The van der Waals surface area contributed by atoms with Crippen LogP contribution in [0.2, 0.25) is 10.0 Å². The molecule has 33 heavy (non-hydrogen) atoms. The minimum atomic E-state index is -0.607. The van der Waals surface area contributed by atoms with Crippen molar-refractivity contribution in [2.24, 2.45) is 0 Å². The van der Waals surface area contributed by atoms with Gasteiger partial charge in [0.15, 0.2) is 0 Å². The van der Waals surface area contributed by atoms with Crippen LogP contribution in [-0.2, 0) is 0 Å². The second-order valence-corrected chi connectivity index (χ2v) is 9.07. The van der Waals surface area contributed by atoms with Gasteiger partial charge < -0.3 is 34.6 Å². The van der Waals surface area contributed by atoms with E-state index in [4.69, 9.17) is 37.4 Å². The average molecular weight is 499 g/mol. The fourth-order valence-electron chi connectivity index (χ4n) is 3.70. The van der Waals surface area contributed by atoms with Crippen molar-refractivity contribution < 1.29 is 24.4 Å². The molecule has 1 aliphatic rings. The van der Waals surface area contributed by atoms with Gasteiger partial charge in [-0.15, -0.1) is 0 Å². The van der Waals surface area contributed by atoms with Crippen molar-refractivity contribution in [3.63, 3.8) is 0 Å². The number of nitrogens with zero attached hydrogens (tertiary/aromatic N) is 1. The predicted octanol–water partition coefficient (Wildman–Crippen LogP) is 3.24. The fraction of sp³-hybridized carbons (Fsp3) is 0.500. The highest BCUT2D eigenvalue weighted by Gasteiger charge is 2.21. The first kappa shape index (κ1) is 25.9. The molecule has 0 bridgehead atoms. The molecular weight excluding hydrogens is 467 g/mol. The lowest BCUT2D eigenvalue weighted by Gasteiger charge is -2.33. The number of rotatable bonds is 12. The van der Waals surface area contributed by atoms with Crippen LogP contribution in [0.25, 0.3) is 0 Å². The maximum Gasteiger partial charge on any atom is 0.122 e. The molecule has 0 spiro atoms. The molecule has 3 N–H and O–H groups in total. The largest absolute Gasteiger partial charge is 0.497 e. The second-order valence-electron chi connectivity index (χ2n) is 8.19. The van der Waals surface area contributed by atoms with E-state index in [2.05, 4.69) is 10.2 Å². The highest BCUT2D eigenvalue weighted by Crippen LogP contribution is 2.24. The molecule has 182 valence electrons. The normalized spacial score (nSPS) is 16.9. The van der Waals surface area contributed by atoms with E-state index in [-0.39, 0.29) is 13.2 Å². The Kier molecular flexibility index (Phi) is 10.4. The zero-order chi connectivity index (χ0) is 23.6. The summed E-state index contributed by atoms with van der Waals surface area (Å²) in [7, 11) is 1.62. The van der Waals surface area contributed by atoms with E-state index >= 15 is 0 Å². The Bertz CT molecular complexity index is 827. The number of hydrogen-bond donors (Lipinski definition) is 3. The number of hydrogen-bond acceptors (Lipinski definition) is 7. The Morgan fingerprint density at radius 3 is 2.12 bits per heavy atom. The van der Waals surface area contributed by atoms with Crippen LogP contribution in [0.3, 0.4) is 0 Å². The first-order valence-corrected chi connectivity index (χ1v) is 11.8. The van der Waals surface area contributed by atoms with Crippen LogP contribution < -0.4 is 19.5 Å². The number of β-amino-alcohol motifs (C(OH)–C–C–N with tert-alkyl or cyclic N) is 1. The molecule has 7 nitrogen and oxygen atoms in total. The van der Waals surface area contributed by atoms with Crippen molar-refractivity contribution in [3.05, 3.63) is 52.5 Å². The number of benzene rings is 2. The Morgan fingerprint density at radius 2 is 1.48 bits per heavy atom. The molecule has 1 aliphatic heterocycles. The van der Waals surface area contributed by atoms with Crippen LogP contribution >= 0.6 is 23.2 Å². The van der Waals surface area contributed by atoms with Gasteiger partial charge in [0.1, 0.15) is 42.7 Å². The third-order valence-electron chi connectivity index (χ3n) is 5.48. The van der Waals surface area contributed by atoms with Gasteiger partial charge in [-0.2, -0.15) is 0 Å². The van der Waals surface area contributed by atoms with Gasteiger partial charge in [0.2, 0.25) is 0 Å². The molecule has 2 aromatic rings. The molecule has 0 aliphatic carbocycles. The quantitative estimate of drug-likeness (QED) is 0.414. The molecule has 9 heteroatoms. The van der Waals surface area contributed by atoms with E-state index in [1.165, 1.54) is 0 Å². The Hall–Kier alpha value is -1.74. The summed E-state index contributed by atoms with van der Waals surface area (Å²) in [5.74, 6) is 2.01. The maximum atomic E-state index is 10.3. The molecule has 0 aromatic heterocycles. The van der Waals surface area contributed by atoms with Crippen molar-refractivity contribution in [1.29, 1.82) is 0 Å². The summed E-state index contributed by atoms with van der Waals surface area (Å²) < 4.78 is 16.4. The SMILES string of the molecule is COc1ccc(OC[C@H](O)CNC2CCN(C[C@@H](O)COc3cc(Cl)cc(Cl)c3)CC2)cc1. The zero-order valence-corrected chi connectivity index (χ0v) is 20.3. The van der Waals surface area contributed by atoms with Crippen LogP contribution in [0, 0.1) is 0 Å². The first-order chi connectivity index (χ1) is 15.9. The second kappa shape index (κ2) is 13.2. The van der Waals surface area contributed by atoms with Crippen LogP contribution in [0.5, 0.6) is 17.2 Å². The number of halogens is 2. The Balaban J connectivity index is 1.28. The molecule has 2 aromatic carbocycles. The Morgan fingerprint density at radius 1 is 0.909 bits per heavy atom. The van der Waals surface area contributed by atoms with E-state index in [0.717, 1.165) is 31.7 Å². The summed E-state index contributed by atoms with van der Waals surface area (Å²) >= 11 is 11.9. The summed E-state index contributed by atoms with van der Waals surface area (Å²) in [5, 5.41) is 25.0. The molecule has 0 saturated carbocycles. The third kappa shape index (κ3) is 9.20. The number of piperidine rings is 1. The molecule has 1 fully saturated rings. The lowest BCUT2D eigenvalue weighted by molar-refractivity contribution is 0.0556. The number of aliphatic hydroxyl groups excluding tert-OH is 2. The summed E-state index contributed by atoms with van der Waals surface area (Å²) in [6.45, 7) is 3.16. The van der Waals surface area contributed by atoms with Crippen molar-refractivity contribution in [1.82, 2.24) is 10.2 Å². The molecule has 0 radical (unpaired) electrons. The smallest absolute Gasteiger partial charge is 0.122 e. The van der Waals surface area contributed by atoms with Gasteiger partial charge in [-0.1, -0.05) is 23.2 Å². The van der Waals surface area contributed by atoms with E-state index in [9.17, 15) is 10.2 Å². The number of methoxy groups -OCH3 is 1. The van der Waals surface area contributed by atoms with Gasteiger partial charge in [-0.3, -0.25) is 0 Å². The fourth-order valence-corrected chi connectivity index (χ4v) is 4.21. The molecule has 1 heterocycles. The van der Waals surface area contributed by atoms with Crippen molar-refractivity contribution in [2.45, 2.75) is 31.1 Å². The summed E-state index contributed by atoms with van der Waals surface area (Å²) in [5.41, 5.74) is 0. The topological polar surface area (TPSA) is 83.4 Å². The average Bonchev–Trinajstić information content (AvgIpc) is 2.81. The van der Waals surface area contributed by atoms with Gasteiger partial charge >= 0.3 is 0 Å². The van der Waals surface area contributed by atoms with E-state index in [1.807, 2.05) is 24.3 Å². The van der Waals surface area contributed by atoms with E-state index in [0.29, 0.717) is 40.7 Å². The number of aliphatic hydroxyl groups is 2. The molecule has 1 saturated heterocycles. The number of ether oxygens (including phenoxy) is 3. The lowest BCUT2D eigenvalue weighted by Crippen LogP contribution is -2.47.